The molecule has 1 heterocycles. The zero-order valence-corrected chi connectivity index (χ0v) is 49.7. The Balaban J connectivity index is 3.44. The maximum atomic E-state index is 14.2. The molecule has 3 amide bonds. The third kappa shape index (κ3) is 37.7. The van der Waals surface area contributed by atoms with Gasteiger partial charge in [-0.25, -0.2) is 4.79 Å². The maximum Gasteiger partial charge on any atom is 0.378 e. The van der Waals surface area contributed by atoms with E-state index in [9.17, 15) is 14.5 Å². The number of nitrogens with one attached hydrogen (secondary N) is 2. The lowest BCUT2D eigenvalue weighted by Gasteiger charge is -2.46. The molecule has 2 unspecified atom stereocenters. The van der Waals surface area contributed by atoms with E-state index in [0.717, 1.165) is 154 Å². The van der Waals surface area contributed by atoms with Gasteiger partial charge in [-0.2, -0.15) is 0 Å². The summed E-state index contributed by atoms with van der Waals surface area (Å²) in [4.78, 5) is 35.5. The molecule has 0 aromatic carbocycles. The minimum Gasteiger partial charge on any atom is -0.379 e. The van der Waals surface area contributed by atoms with Crippen LogP contribution < -0.4 is 10.6 Å². The predicted octanol–water partition coefficient (Wildman–Crippen LogP) is 15.4. The van der Waals surface area contributed by atoms with Gasteiger partial charge in [0.15, 0.2) is 6.29 Å². The number of amides is 3. The molecule has 444 valence electrons. The van der Waals surface area contributed by atoms with Gasteiger partial charge in [-0.1, -0.05) is 209 Å². The molecule has 1 aliphatic rings. The summed E-state index contributed by atoms with van der Waals surface area (Å²) in [6, 6.07) is -1.30. The van der Waals surface area contributed by atoms with Crippen molar-refractivity contribution >= 4 is 11.9 Å². The molecule has 8 atom stereocenters. The monoisotopic (exact) mass is 1070 g/mol. The van der Waals surface area contributed by atoms with Crippen LogP contribution in [0.4, 0.5) is 4.79 Å². The van der Waals surface area contributed by atoms with Crippen molar-refractivity contribution in [2.24, 2.45) is 5.18 Å². The normalized spacial score (nSPS) is 19.0. The second kappa shape index (κ2) is 52.9. The molecule has 14 nitrogen and oxygen atoms in total. The van der Waals surface area contributed by atoms with Crippen LogP contribution >= 0.6 is 0 Å². The quantitative estimate of drug-likeness (QED) is 0.0440. The Morgan fingerprint density at radius 1 is 0.480 bits per heavy atom. The minimum absolute atomic E-state index is 0.00472. The van der Waals surface area contributed by atoms with Gasteiger partial charge in [-0.15, -0.1) is 4.91 Å². The predicted molar refractivity (Wildman–Crippen MR) is 307 cm³/mol. The molecule has 0 aliphatic carbocycles. The number of hydrogen-bond acceptors (Lipinski definition) is 11. The SMILES string of the molecule is CCCCCCCCCCCCCC[C@@H](OCCCC)[C@@H](OCCCC)[C@H](CO[C@H]1OC(COCCCC)[C@H](OCCCC)[C@H](OCCCC)C1OCCCC)NC(=O)CCCCCCCCCCCNC(=O)N=O. The third-order valence-corrected chi connectivity index (χ3v) is 14.4. The fourth-order valence-electron chi connectivity index (χ4n) is 9.58. The van der Waals surface area contributed by atoms with E-state index in [1.807, 2.05) is 0 Å². The van der Waals surface area contributed by atoms with E-state index >= 15 is 0 Å². The number of nitroso groups, excluding NO2 is 1. The fraction of sp³-hybridized carbons (Fsp3) is 0.967. The molecule has 2 N–H and O–H groups in total. The first-order valence-corrected chi connectivity index (χ1v) is 31.7. The lowest BCUT2D eigenvalue weighted by Crippen LogP contribution is -2.63. The molecule has 0 bridgehead atoms. The number of carbonyl (C=O) groups excluding carboxylic acids is 2. The molecule has 1 saturated heterocycles. The van der Waals surface area contributed by atoms with Crippen LogP contribution in [0.25, 0.3) is 0 Å². The highest BCUT2D eigenvalue weighted by molar-refractivity contribution is 5.76. The van der Waals surface area contributed by atoms with E-state index in [2.05, 4.69) is 64.3 Å². The molecule has 0 aromatic rings. The van der Waals surface area contributed by atoms with Gasteiger partial charge in [0.25, 0.3) is 0 Å². The number of urea groups is 1. The summed E-state index contributed by atoms with van der Waals surface area (Å²) in [5, 5.41) is 8.35. The Bertz CT molecular complexity index is 1270. The van der Waals surface area contributed by atoms with E-state index in [1.165, 1.54) is 64.2 Å². The summed E-state index contributed by atoms with van der Waals surface area (Å²) in [5.41, 5.74) is 0. The van der Waals surface area contributed by atoms with Gasteiger partial charge in [0, 0.05) is 57.8 Å². The molecule has 0 spiro atoms. The van der Waals surface area contributed by atoms with Crippen LogP contribution in [-0.2, 0) is 42.7 Å². The van der Waals surface area contributed by atoms with E-state index in [0.29, 0.717) is 59.2 Å². The lowest BCUT2D eigenvalue weighted by atomic mass is 9.97. The van der Waals surface area contributed by atoms with Crippen molar-refractivity contribution in [2.75, 3.05) is 59.4 Å². The van der Waals surface area contributed by atoms with Gasteiger partial charge in [0.1, 0.15) is 30.5 Å². The lowest BCUT2D eigenvalue weighted by molar-refractivity contribution is -0.325. The molecular formula is C61H119N3O11. The van der Waals surface area contributed by atoms with Crippen molar-refractivity contribution in [1.82, 2.24) is 10.6 Å². The number of carbonyl (C=O) groups is 2. The summed E-state index contributed by atoms with van der Waals surface area (Å²) >= 11 is 0. The molecule has 0 radical (unpaired) electrons. The minimum atomic E-state index is -0.800. The van der Waals surface area contributed by atoms with Crippen molar-refractivity contribution < 1.29 is 47.5 Å². The van der Waals surface area contributed by atoms with Gasteiger partial charge >= 0.3 is 6.03 Å². The van der Waals surface area contributed by atoms with E-state index in [4.69, 9.17) is 37.9 Å². The number of ether oxygens (including phenoxy) is 8. The summed E-state index contributed by atoms with van der Waals surface area (Å²) in [6.45, 7) is 19.9. The first kappa shape index (κ1) is 71.2. The standard InChI is InChI=1S/C61H119N3O11/c1-8-15-22-23-24-25-26-27-29-32-35-38-41-53(69-45-17-10-3)56(70-46-18-11-4)52(63-55(65)42-39-36-33-30-28-31-34-37-40-43-62-61(66)64-67)50-74-60-59(73-49-21-14-7)58(72-48-20-13-6)57(71-47-19-12-5)54(75-60)51-68-44-16-9-2/h52-54,56-60H,8-51H2,1-7H3,(H,62,66)(H,63,65)/t52-,53+,54?,56-,57-,58-,59?,60-/m0/s1. The molecular weight excluding hydrogens is 951 g/mol. The van der Waals surface area contributed by atoms with E-state index < -0.39 is 48.9 Å². The van der Waals surface area contributed by atoms with Crippen LogP contribution in [0, 0.1) is 4.91 Å². The Morgan fingerprint density at radius 3 is 1.48 bits per heavy atom. The highest BCUT2D eigenvalue weighted by Gasteiger charge is 2.49. The molecule has 0 aromatic heterocycles. The van der Waals surface area contributed by atoms with Gasteiger partial charge in [0.05, 0.1) is 25.4 Å². The highest BCUT2D eigenvalue weighted by atomic mass is 16.7. The number of nitrogens with zero attached hydrogens (tertiary/aromatic N) is 1. The van der Waals surface area contributed by atoms with Crippen molar-refractivity contribution in [1.29, 1.82) is 0 Å². The maximum absolute atomic E-state index is 14.2. The Morgan fingerprint density at radius 2 is 0.933 bits per heavy atom. The molecule has 1 rings (SSSR count). The molecule has 1 fully saturated rings. The van der Waals surface area contributed by atoms with Crippen molar-refractivity contribution in [3.05, 3.63) is 4.91 Å². The summed E-state index contributed by atoms with van der Waals surface area (Å²) in [6.07, 6.45) is 34.2. The Labute approximate surface area is 460 Å². The average molecular weight is 1070 g/mol. The number of hydrogen-bond donors (Lipinski definition) is 2. The largest absolute Gasteiger partial charge is 0.379 e. The second-order valence-corrected chi connectivity index (χ2v) is 21.4. The van der Waals surface area contributed by atoms with Crippen molar-refractivity contribution in [3.8, 4) is 0 Å². The van der Waals surface area contributed by atoms with Gasteiger partial charge in [-0.3, -0.25) is 4.79 Å². The average Bonchev–Trinajstić information content (AvgIpc) is 3.41. The molecule has 1 aliphatic heterocycles. The molecule has 75 heavy (non-hydrogen) atoms. The van der Waals surface area contributed by atoms with Gasteiger partial charge in [-0.05, 0) is 57.8 Å². The van der Waals surface area contributed by atoms with Crippen LogP contribution in [0.2, 0.25) is 0 Å². The van der Waals surface area contributed by atoms with E-state index in [-0.39, 0.29) is 18.6 Å². The topological polar surface area (TPSA) is 161 Å². The molecule has 0 saturated carbocycles. The smallest absolute Gasteiger partial charge is 0.378 e. The third-order valence-electron chi connectivity index (χ3n) is 14.4. The van der Waals surface area contributed by atoms with Crippen LogP contribution in [0.5, 0.6) is 0 Å². The number of rotatable bonds is 56. The number of unbranched alkanes of at least 4 members (excludes halogenated alkanes) is 25. The summed E-state index contributed by atoms with van der Waals surface area (Å²) in [7, 11) is 0. The molecule has 14 heteroatoms. The van der Waals surface area contributed by atoms with Crippen LogP contribution in [0.15, 0.2) is 5.18 Å². The van der Waals surface area contributed by atoms with Crippen molar-refractivity contribution in [3.63, 3.8) is 0 Å². The zero-order valence-electron chi connectivity index (χ0n) is 49.7. The van der Waals surface area contributed by atoms with E-state index in [1.54, 1.807) is 0 Å². The van der Waals surface area contributed by atoms with Gasteiger partial charge < -0.3 is 48.5 Å². The van der Waals surface area contributed by atoms with Gasteiger partial charge in [0.2, 0.25) is 5.91 Å². The zero-order chi connectivity index (χ0) is 54.7. The first-order chi connectivity index (χ1) is 36.8. The van der Waals surface area contributed by atoms with Crippen LogP contribution in [-0.4, -0.2) is 120 Å². The second-order valence-electron chi connectivity index (χ2n) is 21.4. The van der Waals surface area contributed by atoms with Crippen molar-refractivity contribution in [2.45, 2.75) is 322 Å². The fourth-order valence-corrected chi connectivity index (χ4v) is 9.58. The Hall–Kier alpha value is -1.78. The summed E-state index contributed by atoms with van der Waals surface area (Å²) < 4.78 is 54.3. The highest BCUT2D eigenvalue weighted by Crippen LogP contribution is 2.31. The van der Waals surface area contributed by atoms with Crippen LogP contribution in [0.1, 0.15) is 273 Å². The van der Waals surface area contributed by atoms with Crippen LogP contribution in [0.3, 0.4) is 0 Å². The Kier molecular flexibility index (Phi) is 50.2. The first-order valence-electron chi connectivity index (χ1n) is 31.7. The summed E-state index contributed by atoms with van der Waals surface area (Å²) in [5.74, 6) is -0.00472.